The molecule has 0 bridgehead atoms. The number of unbranched alkanes of at least 4 members (excludes halogenated alkanes) is 3. The summed E-state index contributed by atoms with van der Waals surface area (Å²) in [5, 5.41) is 0. The number of halogens is 1. The monoisotopic (exact) mass is 242 g/mol. The van der Waals surface area contributed by atoms with Crippen LogP contribution in [-0.2, 0) is 5.88 Å². The maximum Gasteiger partial charge on any atom is 0.0474 e. The van der Waals surface area contributed by atoms with Gasteiger partial charge in [-0.1, -0.05) is 38.3 Å². The van der Waals surface area contributed by atoms with Crippen molar-refractivity contribution in [1.29, 1.82) is 0 Å². The molecule has 0 saturated heterocycles. The van der Waals surface area contributed by atoms with Crippen LogP contribution in [0.2, 0.25) is 0 Å². The number of rotatable bonds is 7. The minimum atomic E-state index is 0.613. The first-order valence-corrected chi connectivity index (χ1v) is 7.16. The van der Waals surface area contributed by atoms with E-state index in [1.807, 2.05) is 11.8 Å². The topological polar surface area (TPSA) is 0 Å². The summed E-state index contributed by atoms with van der Waals surface area (Å²) in [4.78, 5) is 1.36. The van der Waals surface area contributed by atoms with Crippen molar-refractivity contribution in [1.82, 2.24) is 0 Å². The lowest BCUT2D eigenvalue weighted by atomic mass is 10.2. The first kappa shape index (κ1) is 12.9. The molecule has 84 valence electrons. The fourth-order valence-electron chi connectivity index (χ4n) is 1.39. The first-order chi connectivity index (χ1) is 7.36. The Morgan fingerprint density at radius 1 is 1.07 bits per heavy atom. The summed E-state index contributed by atoms with van der Waals surface area (Å²) in [5.74, 6) is 1.85. The standard InChI is InChI=1S/C13H19ClS/c1-2-3-4-5-10-15-13-8-6-12(11-14)7-9-13/h6-9H,2-5,10-11H2,1H3. The predicted molar refractivity (Wildman–Crippen MR) is 70.9 cm³/mol. The van der Waals surface area contributed by atoms with Gasteiger partial charge in [-0.05, 0) is 29.9 Å². The predicted octanol–water partition coefficient (Wildman–Crippen LogP) is 5.10. The van der Waals surface area contributed by atoms with E-state index in [2.05, 4.69) is 31.2 Å². The highest BCUT2D eigenvalue weighted by Gasteiger charge is 1.95. The SMILES string of the molecule is CCCCCCSc1ccc(CCl)cc1. The van der Waals surface area contributed by atoms with Crippen molar-refractivity contribution in [2.24, 2.45) is 0 Å². The Balaban J connectivity index is 2.20. The Labute approximate surface area is 102 Å². The van der Waals surface area contributed by atoms with Gasteiger partial charge in [0.15, 0.2) is 0 Å². The molecule has 0 aliphatic rings. The van der Waals surface area contributed by atoms with Gasteiger partial charge in [-0.15, -0.1) is 23.4 Å². The highest BCUT2D eigenvalue weighted by Crippen LogP contribution is 2.20. The van der Waals surface area contributed by atoms with Crippen LogP contribution in [0.25, 0.3) is 0 Å². The summed E-state index contributed by atoms with van der Waals surface area (Å²) in [6.07, 6.45) is 5.37. The van der Waals surface area contributed by atoms with Crippen LogP contribution in [0.4, 0.5) is 0 Å². The van der Waals surface area contributed by atoms with Crippen LogP contribution in [0.1, 0.15) is 38.2 Å². The van der Waals surface area contributed by atoms with Gasteiger partial charge in [0.1, 0.15) is 0 Å². The van der Waals surface area contributed by atoms with Gasteiger partial charge in [-0.2, -0.15) is 0 Å². The maximum atomic E-state index is 5.73. The number of hydrogen-bond donors (Lipinski definition) is 0. The zero-order valence-electron chi connectivity index (χ0n) is 9.34. The lowest BCUT2D eigenvalue weighted by Gasteiger charge is -2.02. The number of alkyl halides is 1. The van der Waals surface area contributed by atoms with E-state index in [1.165, 1.54) is 41.9 Å². The molecule has 0 saturated carbocycles. The summed E-state index contributed by atoms with van der Waals surface area (Å²) in [6, 6.07) is 8.56. The summed E-state index contributed by atoms with van der Waals surface area (Å²) in [5.41, 5.74) is 1.20. The van der Waals surface area contributed by atoms with Crippen LogP contribution >= 0.6 is 23.4 Å². The van der Waals surface area contributed by atoms with Gasteiger partial charge in [-0.3, -0.25) is 0 Å². The molecule has 1 aromatic carbocycles. The van der Waals surface area contributed by atoms with Gasteiger partial charge in [0.2, 0.25) is 0 Å². The van der Waals surface area contributed by atoms with Gasteiger partial charge in [0.25, 0.3) is 0 Å². The van der Waals surface area contributed by atoms with Crippen molar-refractivity contribution in [2.45, 2.75) is 43.4 Å². The lowest BCUT2D eigenvalue weighted by Crippen LogP contribution is -1.82. The molecule has 0 atom stereocenters. The molecule has 1 rings (SSSR count). The zero-order chi connectivity index (χ0) is 10.9. The van der Waals surface area contributed by atoms with E-state index in [1.54, 1.807) is 0 Å². The molecule has 0 heterocycles. The number of benzene rings is 1. The highest BCUT2D eigenvalue weighted by molar-refractivity contribution is 7.99. The fourth-order valence-corrected chi connectivity index (χ4v) is 2.48. The van der Waals surface area contributed by atoms with Gasteiger partial charge < -0.3 is 0 Å². The van der Waals surface area contributed by atoms with E-state index >= 15 is 0 Å². The Bertz CT molecular complexity index is 256. The molecule has 1 aromatic rings. The van der Waals surface area contributed by atoms with E-state index in [0.717, 1.165) is 0 Å². The summed E-state index contributed by atoms with van der Waals surface area (Å²) in [7, 11) is 0. The van der Waals surface area contributed by atoms with Gasteiger partial charge >= 0.3 is 0 Å². The third-order valence-corrected chi connectivity index (χ3v) is 3.75. The van der Waals surface area contributed by atoms with Crippen molar-refractivity contribution in [3.63, 3.8) is 0 Å². The van der Waals surface area contributed by atoms with Gasteiger partial charge in [0.05, 0.1) is 0 Å². The molecule has 15 heavy (non-hydrogen) atoms. The molecule has 2 heteroatoms. The van der Waals surface area contributed by atoms with Crippen molar-refractivity contribution >= 4 is 23.4 Å². The average molecular weight is 243 g/mol. The molecule has 0 N–H and O–H groups in total. The van der Waals surface area contributed by atoms with Crippen molar-refractivity contribution in [2.75, 3.05) is 5.75 Å². The van der Waals surface area contributed by atoms with Crippen molar-refractivity contribution in [3.8, 4) is 0 Å². The first-order valence-electron chi connectivity index (χ1n) is 5.64. The molecule has 0 aliphatic heterocycles. The second kappa shape index (κ2) is 8.06. The highest BCUT2D eigenvalue weighted by atomic mass is 35.5. The molecule has 0 amide bonds. The Morgan fingerprint density at radius 2 is 1.80 bits per heavy atom. The van der Waals surface area contributed by atoms with Crippen molar-refractivity contribution < 1.29 is 0 Å². The third kappa shape index (κ3) is 5.48. The molecular formula is C13H19ClS. The van der Waals surface area contributed by atoms with Crippen LogP contribution in [0, 0.1) is 0 Å². The smallest absolute Gasteiger partial charge is 0.0474 e. The molecule has 0 spiro atoms. The van der Waals surface area contributed by atoms with Crippen LogP contribution in [0.15, 0.2) is 29.2 Å². The summed E-state index contributed by atoms with van der Waals surface area (Å²) < 4.78 is 0. The van der Waals surface area contributed by atoms with Crippen LogP contribution in [0.3, 0.4) is 0 Å². The second-order valence-electron chi connectivity index (χ2n) is 3.69. The minimum Gasteiger partial charge on any atom is -0.126 e. The Hall–Kier alpha value is -0.140. The minimum absolute atomic E-state index is 0.613. The number of hydrogen-bond acceptors (Lipinski definition) is 1. The molecule has 0 fully saturated rings. The second-order valence-corrected chi connectivity index (χ2v) is 5.12. The third-order valence-electron chi connectivity index (χ3n) is 2.34. The molecule has 0 unspecified atom stereocenters. The molecular weight excluding hydrogens is 224 g/mol. The van der Waals surface area contributed by atoms with E-state index in [4.69, 9.17) is 11.6 Å². The van der Waals surface area contributed by atoms with E-state index in [9.17, 15) is 0 Å². The van der Waals surface area contributed by atoms with Gasteiger partial charge in [-0.25, -0.2) is 0 Å². The van der Waals surface area contributed by atoms with Crippen molar-refractivity contribution in [3.05, 3.63) is 29.8 Å². The van der Waals surface area contributed by atoms with Crippen LogP contribution < -0.4 is 0 Å². The molecule has 0 aromatic heterocycles. The Kier molecular flexibility index (Phi) is 6.95. The van der Waals surface area contributed by atoms with Crippen LogP contribution in [0.5, 0.6) is 0 Å². The average Bonchev–Trinajstić information content (AvgIpc) is 2.30. The fraction of sp³-hybridized carbons (Fsp3) is 0.538. The van der Waals surface area contributed by atoms with E-state index < -0.39 is 0 Å². The van der Waals surface area contributed by atoms with E-state index in [-0.39, 0.29) is 0 Å². The lowest BCUT2D eigenvalue weighted by molar-refractivity contribution is 0.706. The maximum absolute atomic E-state index is 5.73. The quantitative estimate of drug-likeness (QED) is 0.364. The molecule has 0 radical (unpaired) electrons. The molecule has 0 aliphatic carbocycles. The largest absolute Gasteiger partial charge is 0.126 e. The number of thioether (sulfide) groups is 1. The normalized spacial score (nSPS) is 10.5. The Morgan fingerprint density at radius 3 is 2.40 bits per heavy atom. The van der Waals surface area contributed by atoms with E-state index in [0.29, 0.717) is 5.88 Å². The van der Waals surface area contributed by atoms with Crippen LogP contribution in [-0.4, -0.2) is 5.75 Å². The zero-order valence-corrected chi connectivity index (χ0v) is 10.9. The summed E-state index contributed by atoms with van der Waals surface area (Å²) in [6.45, 7) is 2.25. The van der Waals surface area contributed by atoms with Gasteiger partial charge in [0, 0.05) is 10.8 Å². The summed E-state index contributed by atoms with van der Waals surface area (Å²) >= 11 is 7.68. The molecule has 0 nitrogen and oxygen atoms in total.